The van der Waals surface area contributed by atoms with E-state index in [1.54, 1.807) is 4.57 Å². The third kappa shape index (κ3) is 5.33. The number of carbonyl (C=O) groups is 1. The van der Waals surface area contributed by atoms with Crippen LogP contribution in [0.3, 0.4) is 0 Å². The van der Waals surface area contributed by atoms with Crippen molar-refractivity contribution in [2.45, 2.75) is 33.0 Å². The standard InChI is InChI=1S/C17H23N3O2S/c1-13-12-23-17(22)20(13)9-8-16(21)18-10-14-4-6-15(7-5-14)11-19(2)3/h4-7,12H,8-11H2,1-3H3,(H,18,21). The highest BCUT2D eigenvalue weighted by atomic mass is 32.1. The summed E-state index contributed by atoms with van der Waals surface area (Å²) in [5.74, 6) is -0.0418. The molecule has 0 fully saturated rings. The molecule has 0 atom stereocenters. The molecule has 1 N–H and O–H groups in total. The van der Waals surface area contributed by atoms with Crippen LogP contribution in [0.5, 0.6) is 0 Å². The van der Waals surface area contributed by atoms with Crippen molar-refractivity contribution in [3.05, 3.63) is 56.1 Å². The Morgan fingerprint density at radius 1 is 1.22 bits per heavy atom. The minimum atomic E-state index is -0.0418. The van der Waals surface area contributed by atoms with Gasteiger partial charge in [-0.1, -0.05) is 35.6 Å². The molecule has 23 heavy (non-hydrogen) atoms. The molecule has 6 heteroatoms. The van der Waals surface area contributed by atoms with Gasteiger partial charge in [-0.3, -0.25) is 9.59 Å². The zero-order valence-electron chi connectivity index (χ0n) is 13.8. The van der Waals surface area contributed by atoms with Crippen LogP contribution in [0.2, 0.25) is 0 Å². The van der Waals surface area contributed by atoms with Crippen LogP contribution in [-0.4, -0.2) is 29.5 Å². The summed E-state index contributed by atoms with van der Waals surface area (Å²) in [6.07, 6.45) is 0.316. The molecule has 1 aromatic heterocycles. The molecular formula is C17H23N3O2S. The number of aryl methyl sites for hydroxylation is 1. The van der Waals surface area contributed by atoms with E-state index in [4.69, 9.17) is 0 Å². The molecule has 0 spiro atoms. The minimum absolute atomic E-state index is 0.00761. The van der Waals surface area contributed by atoms with Crippen LogP contribution in [0.25, 0.3) is 0 Å². The number of hydrogen-bond donors (Lipinski definition) is 1. The Bertz CT molecular complexity index is 701. The van der Waals surface area contributed by atoms with Gasteiger partial charge in [-0.2, -0.15) is 0 Å². The van der Waals surface area contributed by atoms with Crippen molar-refractivity contribution >= 4 is 17.2 Å². The first-order valence-corrected chi connectivity index (χ1v) is 8.48. The molecule has 0 aliphatic heterocycles. The molecule has 0 bridgehead atoms. The largest absolute Gasteiger partial charge is 0.352 e. The zero-order valence-corrected chi connectivity index (χ0v) is 14.7. The Hall–Kier alpha value is -1.92. The summed E-state index contributed by atoms with van der Waals surface area (Å²) < 4.78 is 1.64. The molecule has 0 unspecified atom stereocenters. The van der Waals surface area contributed by atoms with Crippen LogP contribution < -0.4 is 10.2 Å². The van der Waals surface area contributed by atoms with E-state index in [0.717, 1.165) is 17.8 Å². The van der Waals surface area contributed by atoms with Crippen molar-refractivity contribution in [3.63, 3.8) is 0 Å². The Balaban J connectivity index is 1.79. The van der Waals surface area contributed by atoms with Gasteiger partial charge in [0, 0.05) is 37.1 Å². The highest BCUT2D eigenvalue weighted by Gasteiger charge is 2.06. The maximum Gasteiger partial charge on any atom is 0.307 e. The van der Waals surface area contributed by atoms with E-state index >= 15 is 0 Å². The number of aromatic nitrogens is 1. The number of hydrogen-bond acceptors (Lipinski definition) is 4. The second-order valence-electron chi connectivity index (χ2n) is 5.88. The highest BCUT2D eigenvalue weighted by molar-refractivity contribution is 7.07. The Morgan fingerprint density at radius 2 is 1.87 bits per heavy atom. The fraction of sp³-hybridized carbons (Fsp3) is 0.412. The highest BCUT2D eigenvalue weighted by Crippen LogP contribution is 2.06. The van der Waals surface area contributed by atoms with Gasteiger partial charge >= 0.3 is 4.87 Å². The quantitative estimate of drug-likeness (QED) is 0.843. The predicted octanol–water partition coefficient (Wildman–Crippen LogP) is 1.99. The summed E-state index contributed by atoms with van der Waals surface area (Å²) in [6.45, 7) is 3.73. The van der Waals surface area contributed by atoms with E-state index in [1.807, 2.05) is 38.5 Å². The molecule has 1 amide bonds. The molecule has 0 aliphatic rings. The molecule has 1 heterocycles. The second-order valence-corrected chi connectivity index (χ2v) is 6.70. The van der Waals surface area contributed by atoms with E-state index < -0.39 is 0 Å². The number of benzene rings is 1. The number of thiazole rings is 1. The molecule has 0 saturated heterocycles. The predicted molar refractivity (Wildman–Crippen MR) is 93.6 cm³/mol. The fourth-order valence-corrected chi connectivity index (χ4v) is 3.07. The van der Waals surface area contributed by atoms with Crippen molar-refractivity contribution < 1.29 is 4.79 Å². The topological polar surface area (TPSA) is 54.3 Å². The van der Waals surface area contributed by atoms with Gasteiger partial charge in [-0.05, 0) is 32.1 Å². The zero-order chi connectivity index (χ0) is 16.8. The Kier molecular flexibility index (Phi) is 6.12. The van der Waals surface area contributed by atoms with Gasteiger partial charge in [0.05, 0.1) is 0 Å². The summed E-state index contributed by atoms with van der Waals surface area (Å²) in [6, 6.07) is 8.23. The lowest BCUT2D eigenvalue weighted by Crippen LogP contribution is -2.26. The molecule has 0 aliphatic carbocycles. The van der Waals surface area contributed by atoms with Crippen LogP contribution >= 0.6 is 11.3 Å². The van der Waals surface area contributed by atoms with Crippen LogP contribution in [0.15, 0.2) is 34.4 Å². The first kappa shape index (κ1) is 17.4. The van der Waals surface area contributed by atoms with Crippen molar-refractivity contribution in [2.75, 3.05) is 14.1 Å². The SMILES string of the molecule is Cc1csc(=O)n1CCC(=O)NCc1ccc(CN(C)C)cc1. The van der Waals surface area contributed by atoms with Gasteiger partial charge in [-0.15, -0.1) is 0 Å². The number of amides is 1. The lowest BCUT2D eigenvalue weighted by molar-refractivity contribution is -0.121. The summed E-state index contributed by atoms with van der Waals surface area (Å²) >= 11 is 1.17. The molecule has 0 saturated carbocycles. The molecule has 2 aromatic rings. The van der Waals surface area contributed by atoms with Crippen molar-refractivity contribution in [2.24, 2.45) is 0 Å². The molecule has 2 rings (SSSR count). The van der Waals surface area contributed by atoms with Crippen LogP contribution in [0, 0.1) is 6.92 Å². The van der Waals surface area contributed by atoms with Crippen molar-refractivity contribution in [3.8, 4) is 0 Å². The van der Waals surface area contributed by atoms with Gasteiger partial charge in [0.1, 0.15) is 0 Å². The van der Waals surface area contributed by atoms with Crippen molar-refractivity contribution in [1.29, 1.82) is 0 Å². The number of carbonyl (C=O) groups excluding carboxylic acids is 1. The van der Waals surface area contributed by atoms with Gasteiger partial charge in [-0.25, -0.2) is 0 Å². The third-order valence-electron chi connectivity index (χ3n) is 3.55. The number of rotatable bonds is 7. The maximum atomic E-state index is 11.9. The number of nitrogens with zero attached hydrogens (tertiary/aromatic N) is 2. The smallest absolute Gasteiger partial charge is 0.307 e. The van der Waals surface area contributed by atoms with E-state index in [-0.39, 0.29) is 10.8 Å². The normalized spacial score (nSPS) is 11.0. The lowest BCUT2D eigenvalue weighted by Gasteiger charge is -2.10. The van der Waals surface area contributed by atoms with Crippen LogP contribution in [0.4, 0.5) is 0 Å². The van der Waals surface area contributed by atoms with E-state index in [2.05, 4.69) is 22.3 Å². The fourth-order valence-electron chi connectivity index (χ4n) is 2.30. The molecule has 1 aromatic carbocycles. The Morgan fingerprint density at radius 3 is 2.43 bits per heavy atom. The second kappa shape index (κ2) is 8.08. The first-order valence-electron chi connectivity index (χ1n) is 7.60. The summed E-state index contributed by atoms with van der Waals surface area (Å²) in [5.41, 5.74) is 3.23. The molecule has 5 nitrogen and oxygen atoms in total. The van der Waals surface area contributed by atoms with E-state index in [1.165, 1.54) is 16.9 Å². The first-order chi connectivity index (χ1) is 11.0. The van der Waals surface area contributed by atoms with Gasteiger partial charge in [0.25, 0.3) is 0 Å². The molecule has 124 valence electrons. The average molecular weight is 333 g/mol. The summed E-state index contributed by atoms with van der Waals surface area (Å²) in [4.78, 5) is 25.6. The van der Waals surface area contributed by atoms with E-state index in [0.29, 0.717) is 19.5 Å². The molecule has 0 radical (unpaired) electrons. The van der Waals surface area contributed by atoms with Gasteiger partial charge in [0.15, 0.2) is 0 Å². The van der Waals surface area contributed by atoms with Gasteiger partial charge < -0.3 is 14.8 Å². The summed E-state index contributed by atoms with van der Waals surface area (Å²) in [5, 5.41) is 4.71. The number of nitrogens with one attached hydrogen (secondary N) is 1. The third-order valence-corrected chi connectivity index (χ3v) is 4.43. The van der Waals surface area contributed by atoms with Crippen LogP contribution in [-0.2, 0) is 24.4 Å². The lowest BCUT2D eigenvalue weighted by atomic mass is 10.1. The van der Waals surface area contributed by atoms with Crippen LogP contribution in [0.1, 0.15) is 23.2 Å². The minimum Gasteiger partial charge on any atom is -0.352 e. The Labute approximate surface area is 140 Å². The van der Waals surface area contributed by atoms with E-state index in [9.17, 15) is 9.59 Å². The summed E-state index contributed by atoms with van der Waals surface area (Å²) in [7, 11) is 4.07. The van der Waals surface area contributed by atoms with Gasteiger partial charge in [0.2, 0.25) is 5.91 Å². The average Bonchev–Trinajstić information content (AvgIpc) is 2.83. The maximum absolute atomic E-state index is 11.9. The van der Waals surface area contributed by atoms with Crippen molar-refractivity contribution in [1.82, 2.24) is 14.8 Å². The monoisotopic (exact) mass is 333 g/mol. The molecular weight excluding hydrogens is 310 g/mol.